The number of anilines is 2. The van der Waals surface area contributed by atoms with Crippen molar-refractivity contribution in [1.29, 1.82) is 0 Å². The van der Waals surface area contributed by atoms with Gasteiger partial charge in [-0.1, -0.05) is 58.6 Å². The van der Waals surface area contributed by atoms with Crippen LogP contribution in [-0.4, -0.2) is 52.9 Å². The second-order valence-electron chi connectivity index (χ2n) is 14.2. The van der Waals surface area contributed by atoms with Crippen LogP contribution in [0.1, 0.15) is 35.4 Å². The first-order valence-corrected chi connectivity index (χ1v) is 18.7. The molecule has 0 spiro atoms. The van der Waals surface area contributed by atoms with Crippen LogP contribution in [0.15, 0.2) is 84.6 Å². The van der Waals surface area contributed by atoms with E-state index in [-0.39, 0.29) is 30.1 Å². The second-order valence-corrected chi connectivity index (χ2v) is 15.5. The molecule has 4 aliphatic rings. The molecule has 1 aromatic heterocycles. The van der Waals surface area contributed by atoms with Crippen molar-refractivity contribution in [3.8, 4) is 17.2 Å². The number of hydrazine groups is 1. The maximum Gasteiger partial charge on any atom is 0.417 e. The molecular weight excluding hydrogens is 812 g/mol. The number of aromatic nitrogens is 1. The molecule has 4 aromatic rings. The number of phenols is 1. The third-order valence-electron chi connectivity index (χ3n) is 11.5. The fourth-order valence-corrected chi connectivity index (χ4v) is 9.54. The summed E-state index contributed by atoms with van der Waals surface area (Å²) in [5.74, 6) is -8.15. The number of hydrogen-bond acceptors (Lipinski definition) is 9. The van der Waals surface area contributed by atoms with Crippen molar-refractivity contribution >= 4 is 69.9 Å². The van der Waals surface area contributed by atoms with Crippen molar-refractivity contribution in [2.24, 2.45) is 23.7 Å². The molecular formula is C40H30Cl3F3N4O7. The molecule has 2 aliphatic carbocycles. The molecule has 2 aliphatic heterocycles. The summed E-state index contributed by atoms with van der Waals surface area (Å²) in [6.45, 7) is 0. The van der Waals surface area contributed by atoms with Crippen molar-refractivity contribution in [3.05, 3.63) is 116 Å². The minimum absolute atomic E-state index is 0.0166. The Bertz CT molecular complexity index is 2370. The van der Waals surface area contributed by atoms with E-state index in [9.17, 15) is 32.7 Å². The lowest BCUT2D eigenvalue weighted by Gasteiger charge is -2.50. The van der Waals surface area contributed by atoms with E-state index in [0.29, 0.717) is 49.7 Å². The van der Waals surface area contributed by atoms with Crippen LogP contribution in [0.25, 0.3) is 0 Å². The van der Waals surface area contributed by atoms with Crippen molar-refractivity contribution in [2.45, 2.75) is 30.4 Å². The molecule has 4 amide bonds. The van der Waals surface area contributed by atoms with Gasteiger partial charge in [0.1, 0.15) is 0 Å². The summed E-state index contributed by atoms with van der Waals surface area (Å²) in [5, 5.41) is 11.9. The highest BCUT2D eigenvalue weighted by atomic mass is 35.5. The maximum absolute atomic E-state index is 15.4. The summed E-state index contributed by atoms with van der Waals surface area (Å²) in [6.07, 6.45) is -2.40. The number of amides is 4. The van der Waals surface area contributed by atoms with Gasteiger partial charge in [-0.05, 0) is 84.5 Å². The minimum atomic E-state index is -4.77. The topological polar surface area (TPSA) is 138 Å². The Kier molecular flexibility index (Phi) is 9.44. The molecule has 1 saturated carbocycles. The summed E-state index contributed by atoms with van der Waals surface area (Å²) in [7, 11) is 2.66. The number of hydrogen-bond donors (Lipinski definition) is 2. The zero-order chi connectivity index (χ0) is 40.7. The maximum atomic E-state index is 15.4. The van der Waals surface area contributed by atoms with Crippen molar-refractivity contribution < 1.29 is 46.9 Å². The number of allylic oxidation sites excluding steroid dienone is 2. The average Bonchev–Trinajstić information content (AvgIpc) is 3.56. The third kappa shape index (κ3) is 5.90. The van der Waals surface area contributed by atoms with Gasteiger partial charge in [0, 0.05) is 22.2 Å². The number of ether oxygens (including phenoxy) is 2. The lowest BCUT2D eigenvalue weighted by Crippen LogP contribution is -2.53. The molecule has 3 heterocycles. The van der Waals surface area contributed by atoms with Crippen LogP contribution in [-0.2, 0) is 30.8 Å². The van der Waals surface area contributed by atoms with E-state index in [4.69, 9.17) is 44.3 Å². The molecule has 0 bridgehead atoms. The number of methoxy groups -OCH3 is 2. The van der Waals surface area contributed by atoms with Gasteiger partial charge in [-0.2, -0.15) is 18.2 Å². The highest BCUT2D eigenvalue weighted by molar-refractivity contribution is 6.33. The summed E-state index contributed by atoms with van der Waals surface area (Å²) in [4.78, 5) is 63.9. The highest BCUT2D eigenvalue weighted by Crippen LogP contribution is 2.65. The van der Waals surface area contributed by atoms with E-state index in [1.54, 1.807) is 48.5 Å². The number of nitrogens with one attached hydrogen (secondary N) is 1. The number of imide groups is 2. The summed E-state index contributed by atoms with van der Waals surface area (Å²) >= 11 is 18.7. The van der Waals surface area contributed by atoms with E-state index in [2.05, 4.69) is 10.4 Å². The highest BCUT2D eigenvalue weighted by Gasteiger charge is 2.70. The van der Waals surface area contributed by atoms with E-state index >= 15 is 4.79 Å². The zero-order valence-corrected chi connectivity index (χ0v) is 32.1. The Labute approximate surface area is 337 Å². The zero-order valence-electron chi connectivity index (χ0n) is 29.8. The molecule has 3 aromatic carbocycles. The van der Waals surface area contributed by atoms with Crippen molar-refractivity contribution in [3.63, 3.8) is 0 Å². The molecule has 3 fully saturated rings. The molecule has 17 heteroatoms. The van der Waals surface area contributed by atoms with Gasteiger partial charge in [0.15, 0.2) is 17.3 Å². The van der Waals surface area contributed by atoms with Crippen LogP contribution in [0.4, 0.5) is 24.7 Å². The van der Waals surface area contributed by atoms with Crippen LogP contribution in [0.5, 0.6) is 17.2 Å². The number of phenolic OH excluding ortho intramolecular Hbond substituents is 1. The Morgan fingerprint density at radius 3 is 2.05 bits per heavy atom. The monoisotopic (exact) mass is 840 g/mol. The van der Waals surface area contributed by atoms with Gasteiger partial charge in [0.25, 0.3) is 11.8 Å². The van der Waals surface area contributed by atoms with Gasteiger partial charge in [0.2, 0.25) is 17.6 Å². The van der Waals surface area contributed by atoms with E-state index < -0.39 is 81.2 Å². The predicted octanol–water partition coefficient (Wildman–Crippen LogP) is 7.97. The molecule has 6 atom stereocenters. The molecule has 8 rings (SSSR count). The predicted molar refractivity (Wildman–Crippen MR) is 202 cm³/mol. The molecule has 294 valence electrons. The number of rotatable bonds is 7. The number of halogens is 6. The van der Waals surface area contributed by atoms with Crippen LogP contribution < -0.4 is 19.8 Å². The Morgan fingerprint density at radius 1 is 0.860 bits per heavy atom. The number of fused-ring (bicyclic) bond motifs is 4. The van der Waals surface area contributed by atoms with Crippen LogP contribution in [0, 0.1) is 23.7 Å². The first-order chi connectivity index (χ1) is 27.1. The van der Waals surface area contributed by atoms with Crippen molar-refractivity contribution in [1.82, 2.24) is 9.99 Å². The van der Waals surface area contributed by atoms with Crippen LogP contribution in [0.2, 0.25) is 15.1 Å². The largest absolute Gasteiger partial charge is 0.502 e. The first-order valence-electron chi connectivity index (χ1n) is 17.5. The molecule has 2 N–H and O–H groups in total. The van der Waals surface area contributed by atoms with Gasteiger partial charge in [-0.25, -0.2) is 4.98 Å². The fourth-order valence-electron chi connectivity index (χ4n) is 9.08. The van der Waals surface area contributed by atoms with Gasteiger partial charge in [-0.15, -0.1) is 0 Å². The normalized spacial score (nSPS) is 25.5. The van der Waals surface area contributed by atoms with Gasteiger partial charge in [0.05, 0.1) is 53.7 Å². The lowest BCUT2D eigenvalue weighted by atomic mass is 9.49. The minimum Gasteiger partial charge on any atom is -0.502 e. The number of carbonyl (C=O) groups is 4. The molecule has 6 unspecified atom stereocenters. The number of carbonyl (C=O) groups excluding carboxylic acids is 4. The molecule has 11 nitrogen and oxygen atoms in total. The molecule has 0 radical (unpaired) electrons. The number of nitrogens with zero attached hydrogens (tertiary/aromatic N) is 3. The standard InChI is InChI=1S/C40H30Cl3F3N4O7/c1-56-29-13-18(14-30(57-2)33(29)51)32-24-11-12-25-31(37(54)49(35(25)52)23-9-7-22(42)8-10-23)26(24)16-27-36(53)50(38(55)39(27,32)19-3-5-21(41)6-4-19)48-34-28(43)15-20(17-47-34)40(44,45)46/h3-11,13-15,17,25-27,31-32,51H,12,16H2,1-2H3,(H,47,48). The van der Waals surface area contributed by atoms with Gasteiger partial charge >= 0.3 is 6.18 Å². The van der Waals surface area contributed by atoms with Crippen LogP contribution in [0.3, 0.4) is 0 Å². The SMILES string of the molecule is COc1cc(C2C3=CCC4C(=O)N(c5ccc(Cl)cc5)C(=O)C4C3CC3C(=O)N(Nc4ncc(C(F)(F)F)cc4Cl)C(=O)C32c2ccc(Cl)cc2)cc(OC)c1O. The van der Waals surface area contributed by atoms with Crippen molar-refractivity contribution in [2.75, 3.05) is 24.5 Å². The lowest BCUT2D eigenvalue weighted by molar-refractivity contribution is -0.139. The molecule has 2 saturated heterocycles. The Balaban J connectivity index is 1.34. The Hall–Kier alpha value is -5.31. The van der Waals surface area contributed by atoms with E-state index in [1.807, 2.05) is 6.08 Å². The number of alkyl halides is 3. The van der Waals surface area contributed by atoms with Gasteiger partial charge < -0.3 is 14.6 Å². The number of aromatic hydroxyl groups is 1. The van der Waals surface area contributed by atoms with E-state index in [0.717, 1.165) is 4.90 Å². The Morgan fingerprint density at radius 2 is 1.47 bits per heavy atom. The van der Waals surface area contributed by atoms with E-state index in [1.165, 1.54) is 26.4 Å². The smallest absolute Gasteiger partial charge is 0.417 e. The third-order valence-corrected chi connectivity index (χ3v) is 12.3. The van der Waals surface area contributed by atoms with Gasteiger partial charge in [-0.3, -0.25) is 29.5 Å². The molecule has 57 heavy (non-hydrogen) atoms. The fraction of sp³-hybridized carbons (Fsp3) is 0.275. The van der Waals surface area contributed by atoms with Crippen LogP contribution >= 0.6 is 34.8 Å². The number of pyridine rings is 1. The quantitative estimate of drug-likeness (QED) is 0.140. The number of benzene rings is 3. The summed E-state index contributed by atoms with van der Waals surface area (Å²) in [6, 6.07) is 16.2. The summed E-state index contributed by atoms with van der Waals surface area (Å²) < 4.78 is 51.6. The first kappa shape index (κ1) is 38.6. The summed E-state index contributed by atoms with van der Waals surface area (Å²) in [5.41, 5.74) is 1.24. The average molecular weight is 842 g/mol. The second kappa shape index (κ2) is 14.0.